The van der Waals surface area contributed by atoms with E-state index in [2.05, 4.69) is 30.5 Å². The van der Waals surface area contributed by atoms with Crippen LogP contribution in [0.3, 0.4) is 0 Å². The van der Waals surface area contributed by atoms with Crippen LogP contribution in [-0.2, 0) is 0 Å². The highest BCUT2D eigenvalue weighted by molar-refractivity contribution is 5.92. The molecule has 1 aliphatic rings. The Kier molecular flexibility index (Phi) is 4.47. The molecule has 1 aliphatic heterocycles. The first-order valence-corrected chi connectivity index (χ1v) is 9.19. The van der Waals surface area contributed by atoms with E-state index < -0.39 is 0 Å². The summed E-state index contributed by atoms with van der Waals surface area (Å²) in [6.07, 6.45) is 1.93. The third kappa shape index (κ3) is 3.60. The largest absolute Gasteiger partial charge is 0.324 e. The summed E-state index contributed by atoms with van der Waals surface area (Å²) in [5.41, 5.74) is 4.14. The molecule has 1 fully saturated rings. The fraction of sp³-hybridized carbons (Fsp3) is 0.421. The number of nitrogens with zero attached hydrogens (tertiary/aromatic N) is 5. The van der Waals surface area contributed by atoms with E-state index in [1.165, 1.54) is 0 Å². The number of aromatic nitrogens is 5. The molecule has 27 heavy (non-hydrogen) atoms. The van der Waals surface area contributed by atoms with E-state index in [0.717, 1.165) is 59.1 Å². The van der Waals surface area contributed by atoms with Crippen molar-refractivity contribution < 1.29 is 4.79 Å². The minimum absolute atomic E-state index is 0.108. The second kappa shape index (κ2) is 6.94. The van der Waals surface area contributed by atoms with E-state index in [1.54, 1.807) is 0 Å². The highest BCUT2D eigenvalue weighted by Crippen LogP contribution is 2.25. The molecule has 0 radical (unpaired) electrons. The van der Waals surface area contributed by atoms with Gasteiger partial charge in [-0.25, -0.2) is 19.7 Å². The van der Waals surface area contributed by atoms with Gasteiger partial charge in [0.05, 0.1) is 22.4 Å². The maximum Gasteiger partial charge on any atom is 0.321 e. The minimum atomic E-state index is -0.108. The Morgan fingerprint density at radius 2 is 1.93 bits per heavy atom. The van der Waals surface area contributed by atoms with E-state index in [0.29, 0.717) is 6.54 Å². The van der Waals surface area contributed by atoms with Crippen LogP contribution in [-0.4, -0.2) is 49.2 Å². The van der Waals surface area contributed by atoms with Gasteiger partial charge in [0.25, 0.3) is 0 Å². The number of aryl methyl sites for hydroxylation is 3. The van der Waals surface area contributed by atoms with Gasteiger partial charge in [-0.05, 0) is 51.8 Å². The summed E-state index contributed by atoms with van der Waals surface area (Å²) in [6.45, 7) is 7.12. The molecule has 8 heteroatoms. The van der Waals surface area contributed by atoms with Gasteiger partial charge in [-0.15, -0.1) is 0 Å². The van der Waals surface area contributed by atoms with Crippen molar-refractivity contribution in [1.29, 1.82) is 0 Å². The maximum atomic E-state index is 12.7. The number of rotatable bonds is 2. The summed E-state index contributed by atoms with van der Waals surface area (Å²) in [7, 11) is 0. The van der Waals surface area contributed by atoms with Gasteiger partial charge in [-0.2, -0.15) is 5.10 Å². The molecule has 1 aromatic carbocycles. The quantitative estimate of drug-likeness (QED) is 0.727. The van der Waals surface area contributed by atoms with E-state index in [1.807, 2.05) is 43.9 Å². The van der Waals surface area contributed by atoms with Gasteiger partial charge < -0.3 is 10.2 Å². The normalized spacial score (nSPS) is 17.3. The number of nitrogens with one attached hydrogen (secondary N) is 2. The number of anilines is 1. The maximum absolute atomic E-state index is 12.7. The molecule has 1 atom stereocenters. The lowest BCUT2D eigenvalue weighted by Gasteiger charge is -2.31. The van der Waals surface area contributed by atoms with E-state index in [9.17, 15) is 4.79 Å². The lowest BCUT2D eigenvalue weighted by Crippen LogP contribution is -2.41. The van der Waals surface area contributed by atoms with Crippen LogP contribution in [0.5, 0.6) is 0 Å². The molecule has 0 bridgehead atoms. The Hall–Kier alpha value is -3.03. The van der Waals surface area contributed by atoms with E-state index >= 15 is 0 Å². The van der Waals surface area contributed by atoms with Crippen molar-refractivity contribution in [2.24, 2.45) is 0 Å². The summed E-state index contributed by atoms with van der Waals surface area (Å²) in [5.74, 6) is 1.76. The Morgan fingerprint density at radius 3 is 2.67 bits per heavy atom. The zero-order valence-electron chi connectivity index (χ0n) is 15.8. The highest BCUT2D eigenvalue weighted by atomic mass is 16.2. The number of hydrogen-bond donors (Lipinski definition) is 2. The molecule has 1 saturated heterocycles. The number of carbonyl (C=O) groups excluding carboxylic acids is 1. The van der Waals surface area contributed by atoms with Crippen molar-refractivity contribution in [3.8, 4) is 0 Å². The van der Waals surface area contributed by atoms with Gasteiger partial charge in [0.1, 0.15) is 5.82 Å². The number of fused-ring (bicyclic) bond motifs is 1. The lowest BCUT2D eigenvalue weighted by atomic mass is 9.98. The minimum Gasteiger partial charge on any atom is -0.324 e. The fourth-order valence-electron chi connectivity index (χ4n) is 3.43. The molecule has 2 amide bonds. The number of piperidine rings is 1. The average Bonchev–Trinajstić information content (AvgIpc) is 3.09. The molecular weight excluding hydrogens is 342 g/mol. The molecule has 2 aromatic heterocycles. The van der Waals surface area contributed by atoms with Crippen LogP contribution < -0.4 is 5.32 Å². The van der Waals surface area contributed by atoms with Crippen LogP contribution in [0, 0.1) is 20.8 Å². The van der Waals surface area contributed by atoms with Crippen molar-refractivity contribution in [2.45, 2.75) is 39.5 Å². The van der Waals surface area contributed by atoms with Crippen LogP contribution in [0.1, 0.15) is 41.8 Å². The first-order valence-electron chi connectivity index (χ1n) is 9.19. The molecule has 0 saturated carbocycles. The second-order valence-electron chi connectivity index (χ2n) is 7.09. The Morgan fingerprint density at radius 1 is 1.15 bits per heavy atom. The van der Waals surface area contributed by atoms with Crippen molar-refractivity contribution in [2.75, 3.05) is 18.4 Å². The van der Waals surface area contributed by atoms with Crippen LogP contribution in [0.15, 0.2) is 18.2 Å². The number of H-pyrrole nitrogens is 1. The molecule has 2 N–H and O–H groups in total. The van der Waals surface area contributed by atoms with Gasteiger partial charge in [0, 0.05) is 24.7 Å². The summed E-state index contributed by atoms with van der Waals surface area (Å²) in [5, 5.41) is 10.1. The van der Waals surface area contributed by atoms with Gasteiger partial charge >= 0.3 is 6.03 Å². The van der Waals surface area contributed by atoms with Gasteiger partial charge in [-0.1, -0.05) is 0 Å². The topological polar surface area (TPSA) is 99.7 Å². The number of hydrogen-bond acceptors (Lipinski definition) is 5. The molecule has 4 rings (SSSR count). The predicted octanol–water partition coefficient (Wildman–Crippen LogP) is 3.08. The summed E-state index contributed by atoms with van der Waals surface area (Å²) < 4.78 is 0. The number of urea groups is 1. The molecule has 8 nitrogen and oxygen atoms in total. The average molecular weight is 365 g/mol. The molecule has 140 valence electrons. The number of carbonyl (C=O) groups is 1. The molecular formula is C19H23N7O. The SMILES string of the molecule is Cc1nc([C@H]2CCCN(C(=O)Nc3ccc4nc(C)c(C)nc4c3)C2)n[nH]1. The lowest BCUT2D eigenvalue weighted by molar-refractivity contribution is 0.191. The van der Waals surface area contributed by atoms with Crippen LogP contribution >= 0.6 is 0 Å². The summed E-state index contributed by atoms with van der Waals surface area (Å²) in [4.78, 5) is 28.1. The van der Waals surface area contributed by atoms with Crippen LogP contribution in [0.25, 0.3) is 11.0 Å². The van der Waals surface area contributed by atoms with Crippen molar-refractivity contribution in [1.82, 2.24) is 30.0 Å². The zero-order valence-corrected chi connectivity index (χ0v) is 15.8. The Labute approximate surface area is 157 Å². The Balaban J connectivity index is 1.48. The third-order valence-corrected chi connectivity index (χ3v) is 5.01. The second-order valence-corrected chi connectivity index (χ2v) is 7.09. The fourth-order valence-corrected chi connectivity index (χ4v) is 3.43. The van der Waals surface area contributed by atoms with Gasteiger partial charge in [0.2, 0.25) is 0 Å². The predicted molar refractivity (Wildman–Crippen MR) is 103 cm³/mol. The Bertz CT molecular complexity index is 997. The molecule has 0 unspecified atom stereocenters. The van der Waals surface area contributed by atoms with Crippen molar-refractivity contribution >= 4 is 22.8 Å². The van der Waals surface area contributed by atoms with E-state index in [-0.39, 0.29) is 11.9 Å². The molecule has 0 spiro atoms. The van der Waals surface area contributed by atoms with Crippen LogP contribution in [0.4, 0.5) is 10.5 Å². The molecule has 3 heterocycles. The number of aromatic amines is 1. The smallest absolute Gasteiger partial charge is 0.321 e. The molecule has 3 aromatic rings. The first-order chi connectivity index (χ1) is 13.0. The third-order valence-electron chi connectivity index (χ3n) is 5.01. The summed E-state index contributed by atoms with van der Waals surface area (Å²) >= 11 is 0. The highest BCUT2D eigenvalue weighted by Gasteiger charge is 2.27. The van der Waals surface area contributed by atoms with Crippen LogP contribution in [0.2, 0.25) is 0 Å². The van der Waals surface area contributed by atoms with Crippen molar-refractivity contribution in [3.63, 3.8) is 0 Å². The van der Waals surface area contributed by atoms with Gasteiger partial charge in [-0.3, -0.25) is 5.10 Å². The standard InChI is InChI=1S/C19H23N7O/c1-11-12(2)21-17-9-15(6-7-16(17)20-11)23-19(27)26-8-4-5-14(10-26)18-22-13(3)24-25-18/h6-7,9,14H,4-5,8,10H2,1-3H3,(H,23,27)(H,22,24,25)/t14-/m0/s1. The first kappa shape index (κ1) is 17.4. The number of likely N-dealkylation sites (tertiary alicyclic amines) is 1. The monoisotopic (exact) mass is 365 g/mol. The number of amides is 2. The number of benzene rings is 1. The van der Waals surface area contributed by atoms with Crippen molar-refractivity contribution in [3.05, 3.63) is 41.2 Å². The zero-order chi connectivity index (χ0) is 19.0. The summed E-state index contributed by atoms with van der Waals surface area (Å²) in [6, 6.07) is 5.51. The molecule has 0 aliphatic carbocycles. The van der Waals surface area contributed by atoms with Gasteiger partial charge in [0.15, 0.2) is 5.82 Å². The van der Waals surface area contributed by atoms with E-state index in [4.69, 9.17) is 0 Å².